The van der Waals surface area contributed by atoms with Crippen LogP contribution in [0.15, 0.2) is 0 Å². The maximum atomic E-state index is 12.8. The Morgan fingerprint density at radius 2 is 1.27 bits per heavy atom. The molecule has 2 saturated heterocycles. The molecule has 2 unspecified atom stereocenters. The van der Waals surface area contributed by atoms with Crippen LogP contribution in [0.3, 0.4) is 0 Å². The first kappa shape index (κ1) is 37.4. The molecule has 0 aliphatic carbocycles. The zero-order chi connectivity index (χ0) is 33.7. The van der Waals surface area contributed by atoms with Crippen molar-refractivity contribution in [2.24, 2.45) is 22.7 Å². The van der Waals surface area contributed by atoms with Crippen LogP contribution in [0.2, 0.25) is 0 Å². The second kappa shape index (κ2) is 14.5. The quantitative estimate of drug-likeness (QED) is 0.251. The Bertz CT molecular complexity index is 1110. The van der Waals surface area contributed by atoms with Crippen LogP contribution in [0, 0.1) is 22.7 Å². The fourth-order valence-electron chi connectivity index (χ4n) is 5.54. The Morgan fingerprint density at radius 3 is 1.77 bits per heavy atom. The maximum absolute atomic E-state index is 12.8. The van der Waals surface area contributed by atoms with Gasteiger partial charge in [-0.05, 0) is 51.4 Å². The van der Waals surface area contributed by atoms with Crippen LogP contribution in [0.1, 0.15) is 114 Å². The van der Waals surface area contributed by atoms with Crippen LogP contribution in [0.25, 0.3) is 0 Å². The standard InChI is InChI=1S/C33H56N4O7/c1-11-31(5,6)23-21-27(41)37(29(23)43)17-12-24(38)34-16-14-33(9,10)44-19-15-32(7,8)35-25(39)13-18-36-26(40)20-22(28(36)42)30(2,3)4/h22-23H,11-21H2,1-10H3,(H,34,38)(H,35,39). The summed E-state index contributed by atoms with van der Waals surface area (Å²) in [5.74, 6) is -2.00. The Morgan fingerprint density at radius 1 is 0.773 bits per heavy atom. The SMILES string of the molecule is CCC(C)(C)C1CC(=O)N(CCC(=O)NCCC(C)(C)OCCC(C)(C)NC(=O)CCN2C(=O)CC(C(C)(C)C)C2=O)C1=O. The second-order valence-electron chi connectivity index (χ2n) is 15.4. The van der Waals surface area contributed by atoms with Crippen molar-refractivity contribution in [3.05, 3.63) is 0 Å². The van der Waals surface area contributed by atoms with Crippen LogP contribution in [0.4, 0.5) is 0 Å². The number of likely N-dealkylation sites (tertiary alicyclic amines) is 2. The summed E-state index contributed by atoms with van der Waals surface area (Å²) in [7, 11) is 0. The molecule has 2 aliphatic heterocycles. The highest BCUT2D eigenvalue weighted by atomic mass is 16.5. The van der Waals surface area contributed by atoms with E-state index in [1.807, 2.05) is 69.2 Å². The molecule has 2 N–H and O–H groups in total. The van der Waals surface area contributed by atoms with Gasteiger partial charge < -0.3 is 15.4 Å². The molecule has 6 amide bonds. The molecule has 0 saturated carbocycles. The van der Waals surface area contributed by atoms with Gasteiger partial charge in [-0.25, -0.2) is 0 Å². The number of hydrogen-bond donors (Lipinski definition) is 2. The molecule has 0 bridgehead atoms. The van der Waals surface area contributed by atoms with Gasteiger partial charge in [0.15, 0.2) is 0 Å². The summed E-state index contributed by atoms with van der Waals surface area (Å²) in [6, 6.07) is 0. The number of hydrogen-bond acceptors (Lipinski definition) is 7. The van der Waals surface area contributed by atoms with E-state index in [9.17, 15) is 28.8 Å². The van der Waals surface area contributed by atoms with Crippen molar-refractivity contribution < 1.29 is 33.5 Å². The Hall–Kier alpha value is -2.82. The lowest BCUT2D eigenvalue weighted by Gasteiger charge is -2.30. The van der Waals surface area contributed by atoms with Crippen molar-refractivity contribution in [2.75, 3.05) is 26.2 Å². The molecule has 0 radical (unpaired) electrons. The highest BCUT2D eigenvalue weighted by molar-refractivity contribution is 6.04. The van der Waals surface area contributed by atoms with E-state index in [0.29, 0.717) is 26.0 Å². The first-order valence-corrected chi connectivity index (χ1v) is 16.0. The van der Waals surface area contributed by atoms with Crippen LogP contribution in [-0.4, -0.2) is 82.6 Å². The van der Waals surface area contributed by atoms with E-state index in [-0.39, 0.29) is 96.9 Å². The summed E-state index contributed by atoms with van der Waals surface area (Å²) in [5, 5.41) is 5.83. The van der Waals surface area contributed by atoms with E-state index in [0.717, 1.165) is 6.42 Å². The van der Waals surface area contributed by atoms with Crippen LogP contribution < -0.4 is 10.6 Å². The summed E-state index contributed by atoms with van der Waals surface area (Å²) < 4.78 is 6.07. The number of carbonyl (C=O) groups excluding carboxylic acids is 6. The van der Waals surface area contributed by atoms with Crippen LogP contribution in [-0.2, 0) is 33.5 Å². The van der Waals surface area contributed by atoms with E-state index in [1.165, 1.54) is 9.80 Å². The first-order valence-electron chi connectivity index (χ1n) is 16.0. The second-order valence-corrected chi connectivity index (χ2v) is 15.4. The highest BCUT2D eigenvalue weighted by Gasteiger charge is 2.46. The number of ether oxygens (including phenoxy) is 1. The third kappa shape index (κ3) is 10.4. The van der Waals surface area contributed by atoms with Crippen LogP contribution in [0.5, 0.6) is 0 Å². The van der Waals surface area contributed by atoms with E-state index in [1.54, 1.807) is 0 Å². The highest BCUT2D eigenvalue weighted by Crippen LogP contribution is 2.38. The van der Waals surface area contributed by atoms with Gasteiger partial charge in [0, 0.05) is 57.5 Å². The van der Waals surface area contributed by atoms with Crippen molar-refractivity contribution in [1.82, 2.24) is 20.4 Å². The number of carbonyl (C=O) groups is 6. The van der Waals surface area contributed by atoms with E-state index >= 15 is 0 Å². The molecule has 2 rings (SSSR count). The predicted molar refractivity (Wildman–Crippen MR) is 167 cm³/mol. The molecule has 44 heavy (non-hydrogen) atoms. The largest absolute Gasteiger partial charge is 0.375 e. The minimum atomic E-state index is -0.565. The van der Waals surface area contributed by atoms with Crippen molar-refractivity contribution in [2.45, 2.75) is 125 Å². The summed E-state index contributed by atoms with van der Waals surface area (Å²) >= 11 is 0. The molecule has 11 heteroatoms. The van der Waals surface area contributed by atoms with Gasteiger partial charge >= 0.3 is 0 Å². The third-order valence-electron chi connectivity index (χ3n) is 9.26. The average molecular weight is 621 g/mol. The number of nitrogens with one attached hydrogen (secondary N) is 2. The Balaban J connectivity index is 1.68. The minimum absolute atomic E-state index is 0.0429. The molecular weight excluding hydrogens is 564 g/mol. The number of nitrogens with zero attached hydrogens (tertiary/aromatic N) is 2. The van der Waals surface area contributed by atoms with Gasteiger partial charge in [-0.15, -0.1) is 0 Å². The Labute approximate surface area is 263 Å². The molecule has 11 nitrogen and oxygen atoms in total. The van der Waals surface area contributed by atoms with Gasteiger partial charge in [0.05, 0.1) is 17.4 Å². The van der Waals surface area contributed by atoms with E-state index < -0.39 is 11.1 Å². The molecule has 0 aromatic heterocycles. The van der Waals surface area contributed by atoms with Crippen LogP contribution >= 0.6 is 0 Å². The number of rotatable bonds is 16. The first-order chi connectivity index (χ1) is 20.1. The predicted octanol–water partition coefficient (Wildman–Crippen LogP) is 3.59. The Kier molecular flexibility index (Phi) is 12.3. The lowest BCUT2D eigenvalue weighted by molar-refractivity contribution is -0.142. The molecule has 2 fully saturated rings. The van der Waals surface area contributed by atoms with Crippen molar-refractivity contribution in [3.8, 4) is 0 Å². The summed E-state index contributed by atoms with van der Waals surface area (Å²) in [6.45, 7) is 20.4. The molecule has 2 heterocycles. The van der Waals surface area contributed by atoms with Crippen molar-refractivity contribution >= 4 is 35.4 Å². The average Bonchev–Trinajstić information content (AvgIpc) is 3.34. The number of imide groups is 2. The molecule has 2 aliphatic rings. The zero-order valence-electron chi connectivity index (χ0n) is 28.7. The van der Waals surface area contributed by atoms with Gasteiger partial charge in [-0.2, -0.15) is 0 Å². The molecule has 0 aromatic carbocycles. The molecule has 2 atom stereocenters. The van der Waals surface area contributed by atoms with Crippen molar-refractivity contribution in [1.29, 1.82) is 0 Å². The van der Waals surface area contributed by atoms with Crippen molar-refractivity contribution in [3.63, 3.8) is 0 Å². The van der Waals surface area contributed by atoms with Gasteiger partial charge in [-0.1, -0.05) is 48.0 Å². The number of amides is 6. The van der Waals surface area contributed by atoms with Gasteiger partial charge in [0.1, 0.15) is 0 Å². The van der Waals surface area contributed by atoms with Gasteiger partial charge in [-0.3, -0.25) is 38.6 Å². The lowest BCUT2D eigenvalue weighted by atomic mass is 9.76. The normalized spacial score (nSPS) is 20.1. The lowest BCUT2D eigenvalue weighted by Crippen LogP contribution is -2.46. The zero-order valence-corrected chi connectivity index (χ0v) is 28.7. The minimum Gasteiger partial charge on any atom is -0.375 e. The third-order valence-corrected chi connectivity index (χ3v) is 9.26. The maximum Gasteiger partial charge on any atom is 0.233 e. The molecular formula is C33H56N4O7. The van der Waals surface area contributed by atoms with Gasteiger partial charge in [0.25, 0.3) is 0 Å². The fraction of sp³-hybridized carbons (Fsp3) is 0.818. The monoisotopic (exact) mass is 620 g/mol. The summed E-state index contributed by atoms with van der Waals surface area (Å²) in [5.41, 5.74) is -1.67. The van der Waals surface area contributed by atoms with Gasteiger partial charge in [0.2, 0.25) is 35.4 Å². The fourth-order valence-corrected chi connectivity index (χ4v) is 5.54. The summed E-state index contributed by atoms with van der Waals surface area (Å²) in [6.07, 6.45) is 2.36. The molecule has 0 spiro atoms. The van der Waals surface area contributed by atoms with E-state index in [2.05, 4.69) is 10.6 Å². The van der Waals surface area contributed by atoms with E-state index in [4.69, 9.17) is 4.74 Å². The molecule has 250 valence electrons. The summed E-state index contributed by atoms with van der Waals surface area (Å²) in [4.78, 5) is 77.7. The molecule has 0 aromatic rings. The smallest absolute Gasteiger partial charge is 0.233 e. The topological polar surface area (TPSA) is 142 Å².